The molecule has 0 unspecified atom stereocenters. The van der Waals surface area contributed by atoms with Crippen LogP contribution in [0.3, 0.4) is 0 Å². The first-order chi connectivity index (χ1) is 20.2. The van der Waals surface area contributed by atoms with E-state index in [1.807, 2.05) is 18.2 Å². The summed E-state index contributed by atoms with van der Waals surface area (Å²) in [4.78, 5) is 41.0. The van der Waals surface area contributed by atoms with Crippen molar-refractivity contribution in [3.8, 4) is 0 Å². The van der Waals surface area contributed by atoms with E-state index in [4.69, 9.17) is 5.11 Å². The highest BCUT2D eigenvalue weighted by Gasteiger charge is 2.18. The number of amides is 2. The summed E-state index contributed by atoms with van der Waals surface area (Å²) >= 11 is 1.44. The van der Waals surface area contributed by atoms with Crippen LogP contribution < -0.4 is 15.5 Å². The number of anilines is 4. The molecule has 2 aromatic heterocycles. The van der Waals surface area contributed by atoms with E-state index in [2.05, 4.69) is 39.4 Å². The molecule has 0 saturated carbocycles. The Labute approximate surface area is 245 Å². The van der Waals surface area contributed by atoms with E-state index in [1.54, 1.807) is 55.6 Å². The van der Waals surface area contributed by atoms with Crippen molar-refractivity contribution in [3.63, 3.8) is 0 Å². The zero-order valence-electron chi connectivity index (χ0n) is 23.0. The Balaban J connectivity index is 1.51. The van der Waals surface area contributed by atoms with Crippen molar-refractivity contribution >= 4 is 57.7 Å². The second-order valence-corrected chi connectivity index (χ2v) is 10.8. The van der Waals surface area contributed by atoms with Gasteiger partial charge in [-0.25, -0.2) is 24.1 Å². The number of fused-ring (bicyclic) bond motifs is 1. The Morgan fingerprint density at radius 2 is 1.69 bits per heavy atom. The van der Waals surface area contributed by atoms with E-state index in [0.29, 0.717) is 34.1 Å². The van der Waals surface area contributed by atoms with Crippen LogP contribution >= 0.6 is 11.8 Å². The van der Waals surface area contributed by atoms with Crippen LogP contribution in [-0.4, -0.2) is 39.1 Å². The van der Waals surface area contributed by atoms with Crippen LogP contribution in [0.15, 0.2) is 95.0 Å². The highest BCUT2D eigenvalue weighted by Crippen LogP contribution is 2.37. The van der Waals surface area contributed by atoms with Crippen molar-refractivity contribution in [3.05, 3.63) is 102 Å². The molecule has 9 nitrogen and oxygen atoms in total. The average Bonchev–Trinajstić information content (AvgIpc) is 2.98. The van der Waals surface area contributed by atoms with Crippen molar-refractivity contribution in [1.82, 2.24) is 15.0 Å². The third-order valence-corrected chi connectivity index (χ3v) is 7.53. The van der Waals surface area contributed by atoms with Gasteiger partial charge in [-0.1, -0.05) is 25.6 Å². The third-order valence-electron chi connectivity index (χ3n) is 6.44. The van der Waals surface area contributed by atoms with E-state index < -0.39 is 6.09 Å². The van der Waals surface area contributed by atoms with Crippen LogP contribution in [-0.2, 0) is 0 Å². The zero-order chi connectivity index (χ0) is 29.8. The summed E-state index contributed by atoms with van der Waals surface area (Å²) in [6.45, 7) is 4.13. The fourth-order valence-electron chi connectivity index (χ4n) is 4.19. The van der Waals surface area contributed by atoms with Gasteiger partial charge in [-0.3, -0.25) is 10.1 Å². The van der Waals surface area contributed by atoms with Gasteiger partial charge in [-0.2, -0.15) is 0 Å². The van der Waals surface area contributed by atoms with Gasteiger partial charge in [0, 0.05) is 39.5 Å². The molecule has 2 heterocycles. The average molecular weight is 583 g/mol. The predicted molar refractivity (Wildman–Crippen MR) is 162 cm³/mol. The molecule has 0 fully saturated rings. The number of aromatic nitrogens is 3. The number of nitrogens with one attached hydrogen (secondary N) is 2. The smallest absolute Gasteiger partial charge is 0.409 e. The fourth-order valence-corrected chi connectivity index (χ4v) is 5.07. The molecule has 0 radical (unpaired) electrons. The lowest BCUT2D eigenvalue weighted by Crippen LogP contribution is -2.26. The molecule has 42 heavy (non-hydrogen) atoms. The molecule has 0 aliphatic rings. The van der Waals surface area contributed by atoms with Crippen molar-refractivity contribution in [2.75, 3.05) is 22.6 Å². The van der Waals surface area contributed by atoms with Gasteiger partial charge in [0.05, 0.1) is 11.1 Å². The maximum atomic E-state index is 13.5. The molecule has 11 heteroatoms. The second-order valence-electron chi connectivity index (χ2n) is 9.72. The number of carboxylic acid groups (broad SMARTS) is 1. The number of hydrogen-bond acceptors (Lipinski definition) is 7. The molecule has 5 aromatic rings. The molecule has 2 amide bonds. The molecule has 0 aliphatic carbocycles. The number of benzene rings is 3. The number of rotatable bonds is 8. The van der Waals surface area contributed by atoms with E-state index in [0.717, 1.165) is 20.9 Å². The standard InChI is InChI=1S/C31H27FN6O3S/c1-18(2)25-14-13-24-28(36-25)33-17-34-29(24)37-26-16-19(30(39)38(3)22-9-5-20(32)6-10-22)4-15-27(26)42-23-11-7-21(8-12-23)35-31(40)41/h4-18,35H,1-3H3,(H,40,41)(H,33,34,36,37). The van der Waals surface area contributed by atoms with Gasteiger partial charge in [-0.05, 0) is 84.8 Å². The lowest BCUT2D eigenvalue weighted by atomic mass is 10.1. The highest BCUT2D eigenvalue weighted by molar-refractivity contribution is 7.99. The van der Waals surface area contributed by atoms with Crippen LogP contribution in [0.1, 0.15) is 35.8 Å². The van der Waals surface area contributed by atoms with E-state index >= 15 is 0 Å². The molecule has 0 spiro atoms. The first-order valence-electron chi connectivity index (χ1n) is 13.0. The quantitative estimate of drug-likeness (QED) is 0.172. The third kappa shape index (κ3) is 6.47. The topological polar surface area (TPSA) is 120 Å². The van der Waals surface area contributed by atoms with Crippen molar-refractivity contribution < 1.29 is 19.1 Å². The van der Waals surface area contributed by atoms with Gasteiger partial charge >= 0.3 is 6.09 Å². The number of halogens is 1. The molecule has 0 saturated heterocycles. The normalized spacial score (nSPS) is 11.0. The Bertz CT molecular complexity index is 1760. The van der Waals surface area contributed by atoms with Gasteiger partial charge in [0.1, 0.15) is 18.0 Å². The molecule has 0 bridgehead atoms. The maximum Gasteiger partial charge on any atom is 0.409 e. The summed E-state index contributed by atoms with van der Waals surface area (Å²) in [5, 5.41) is 15.4. The molecule has 3 aromatic carbocycles. The molecule has 3 N–H and O–H groups in total. The van der Waals surface area contributed by atoms with Gasteiger partial charge in [0.25, 0.3) is 5.91 Å². The van der Waals surface area contributed by atoms with Crippen LogP contribution in [0.5, 0.6) is 0 Å². The van der Waals surface area contributed by atoms with E-state index in [9.17, 15) is 14.0 Å². The molecule has 0 atom stereocenters. The molecular formula is C31H27FN6O3S. The van der Waals surface area contributed by atoms with Gasteiger partial charge in [0.2, 0.25) is 0 Å². The molecular weight excluding hydrogens is 555 g/mol. The number of nitrogens with zero attached hydrogens (tertiary/aromatic N) is 4. The van der Waals surface area contributed by atoms with Gasteiger partial charge in [0.15, 0.2) is 5.65 Å². The largest absolute Gasteiger partial charge is 0.465 e. The summed E-state index contributed by atoms with van der Waals surface area (Å²) in [7, 11) is 1.63. The summed E-state index contributed by atoms with van der Waals surface area (Å²) < 4.78 is 13.4. The second kappa shape index (κ2) is 12.2. The monoisotopic (exact) mass is 582 g/mol. The summed E-state index contributed by atoms with van der Waals surface area (Å²) in [6, 6.07) is 21.8. The van der Waals surface area contributed by atoms with Crippen molar-refractivity contribution in [2.24, 2.45) is 0 Å². The molecule has 0 aliphatic heterocycles. The minimum atomic E-state index is -1.14. The lowest BCUT2D eigenvalue weighted by Gasteiger charge is -2.19. The Morgan fingerprint density at radius 3 is 2.38 bits per heavy atom. The predicted octanol–water partition coefficient (Wildman–Crippen LogP) is 7.55. The number of carbonyl (C=O) groups excluding carboxylic acids is 1. The van der Waals surface area contributed by atoms with Crippen LogP contribution in [0.25, 0.3) is 11.0 Å². The first-order valence-corrected chi connectivity index (χ1v) is 13.8. The Kier molecular flexibility index (Phi) is 8.30. The maximum absolute atomic E-state index is 13.5. The number of pyridine rings is 1. The summed E-state index contributed by atoms with van der Waals surface area (Å²) in [5.41, 5.74) is 3.51. The molecule has 212 valence electrons. The zero-order valence-corrected chi connectivity index (χ0v) is 23.8. The van der Waals surface area contributed by atoms with E-state index in [-0.39, 0.29) is 17.6 Å². The fraction of sp³-hybridized carbons (Fsp3) is 0.129. The lowest BCUT2D eigenvalue weighted by molar-refractivity contribution is 0.0993. The van der Waals surface area contributed by atoms with Crippen molar-refractivity contribution in [1.29, 1.82) is 0 Å². The SMILES string of the molecule is CC(C)c1ccc2c(Nc3cc(C(=O)N(C)c4ccc(F)cc4)ccc3Sc3ccc(NC(=O)O)cc3)ncnc2n1. The number of carbonyl (C=O) groups is 2. The minimum absolute atomic E-state index is 0.238. The summed E-state index contributed by atoms with van der Waals surface area (Å²) in [6.07, 6.45) is 0.305. The number of hydrogen-bond donors (Lipinski definition) is 3. The van der Waals surface area contributed by atoms with Crippen LogP contribution in [0.2, 0.25) is 0 Å². The summed E-state index contributed by atoms with van der Waals surface area (Å²) in [5.74, 6) is 0.108. The highest BCUT2D eigenvalue weighted by atomic mass is 32.2. The Morgan fingerprint density at radius 1 is 0.952 bits per heavy atom. The first kappa shape index (κ1) is 28.5. The van der Waals surface area contributed by atoms with Gasteiger partial charge in [-0.15, -0.1) is 0 Å². The van der Waals surface area contributed by atoms with E-state index in [1.165, 1.54) is 35.1 Å². The van der Waals surface area contributed by atoms with Crippen molar-refractivity contribution in [2.45, 2.75) is 29.6 Å². The molecule has 5 rings (SSSR count). The van der Waals surface area contributed by atoms with Gasteiger partial charge < -0.3 is 15.3 Å². The Hall–Kier alpha value is -5.03. The van der Waals surface area contributed by atoms with Crippen LogP contribution in [0, 0.1) is 5.82 Å². The minimum Gasteiger partial charge on any atom is -0.465 e. The van der Waals surface area contributed by atoms with Crippen LogP contribution in [0.4, 0.5) is 32.1 Å².